The zero-order valence-electron chi connectivity index (χ0n) is 12.2. The lowest BCUT2D eigenvalue weighted by Crippen LogP contribution is -2.45. The van der Waals surface area contributed by atoms with E-state index in [1.165, 1.54) is 37.0 Å². The van der Waals surface area contributed by atoms with Gasteiger partial charge in [-0.2, -0.15) is 0 Å². The Labute approximate surface area is 107 Å². The molecule has 2 rings (SSSR count). The van der Waals surface area contributed by atoms with Crippen molar-refractivity contribution >= 4 is 0 Å². The minimum Gasteiger partial charge on any atom is -0.492 e. The number of rotatable bonds is 1. The van der Waals surface area contributed by atoms with E-state index >= 15 is 0 Å². The Kier molecular flexibility index (Phi) is 5.51. The first-order valence-corrected chi connectivity index (χ1v) is 7.22. The molecule has 100 valence electrons. The minimum atomic E-state index is 0.174. The topological polar surface area (TPSA) is 21.3 Å². The summed E-state index contributed by atoms with van der Waals surface area (Å²) in [6.07, 6.45) is 4.81. The summed E-state index contributed by atoms with van der Waals surface area (Å²) in [6, 6.07) is 0. The molecule has 1 N–H and O–H groups in total. The predicted molar refractivity (Wildman–Crippen MR) is 74.0 cm³/mol. The van der Waals surface area contributed by atoms with Crippen LogP contribution in [0.4, 0.5) is 0 Å². The molecule has 0 bridgehead atoms. The molecule has 2 heteroatoms. The Bertz CT molecular complexity index is 262. The van der Waals surface area contributed by atoms with Crippen LogP contribution in [0, 0.1) is 5.92 Å². The zero-order valence-corrected chi connectivity index (χ0v) is 12.2. The first-order valence-electron chi connectivity index (χ1n) is 7.22. The fourth-order valence-electron chi connectivity index (χ4n) is 2.91. The van der Waals surface area contributed by atoms with E-state index in [1.807, 2.05) is 13.8 Å². The molecule has 17 heavy (non-hydrogen) atoms. The normalized spacial score (nSPS) is 23.2. The second kappa shape index (κ2) is 6.44. The standard InChI is InChI=1S/C13H23NO.C2H6/c1-10(2)12-4-5-13(15-11(12)3)6-8-14-9-7-13;1-2/h10,14H,4-9H2,1-3H3;1-2H3. The summed E-state index contributed by atoms with van der Waals surface area (Å²) in [6.45, 7) is 12.9. The molecule has 0 aromatic rings. The van der Waals surface area contributed by atoms with Crippen LogP contribution in [0.1, 0.15) is 60.3 Å². The van der Waals surface area contributed by atoms with Crippen molar-refractivity contribution in [3.63, 3.8) is 0 Å². The van der Waals surface area contributed by atoms with Crippen LogP contribution in [-0.4, -0.2) is 18.7 Å². The van der Waals surface area contributed by atoms with Gasteiger partial charge in [-0.15, -0.1) is 0 Å². The van der Waals surface area contributed by atoms with Crippen molar-refractivity contribution < 1.29 is 4.74 Å². The van der Waals surface area contributed by atoms with Gasteiger partial charge in [0.25, 0.3) is 0 Å². The molecular weight excluding hydrogens is 210 g/mol. The lowest BCUT2D eigenvalue weighted by Gasteiger charge is -2.42. The number of allylic oxidation sites excluding steroid dienone is 2. The Hall–Kier alpha value is -0.500. The Balaban J connectivity index is 0.000000686. The fraction of sp³-hybridized carbons (Fsp3) is 0.867. The highest BCUT2D eigenvalue weighted by Gasteiger charge is 2.37. The third kappa shape index (κ3) is 3.48. The van der Waals surface area contributed by atoms with Gasteiger partial charge in [0.15, 0.2) is 0 Å². The SMILES string of the molecule is CC.CC1=C(C(C)C)CCC2(CCNCC2)O1. The quantitative estimate of drug-likeness (QED) is 0.750. The predicted octanol–water partition coefficient (Wildman–Crippen LogP) is 3.88. The van der Waals surface area contributed by atoms with E-state index in [4.69, 9.17) is 4.74 Å². The first-order chi connectivity index (χ1) is 8.13. The lowest BCUT2D eigenvalue weighted by molar-refractivity contribution is -0.0429. The summed E-state index contributed by atoms with van der Waals surface area (Å²) < 4.78 is 6.23. The van der Waals surface area contributed by atoms with Gasteiger partial charge in [0, 0.05) is 0 Å². The molecule has 2 nitrogen and oxygen atoms in total. The van der Waals surface area contributed by atoms with E-state index in [-0.39, 0.29) is 5.60 Å². The molecule has 0 aromatic heterocycles. The Morgan fingerprint density at radius 3 is 2.18 bits per heavy atom. The van der Waals surface area contributed by atoms with Gasteiger partial charge in [0.05, 0.1) is 5.76 Å². The maximum Gasteiger partial charge on any atom is 0.111 e. The molecular formula is C15H29NO. The van der Waals surface area contributed by atoms with Crippen molar-refractivity contribution in [2.24, 2.45) is 5.92 Å². The summed E-state index contributed by atoms with van der Waals surface area (Å²) in [5, 5.41) is 3.41. The van der Waals surface area contributed by atoms with Crippen LogP contribution in [0.5, 0.6) is 0 Å². The molecule has 0 amide bonds. The first kappa shape index (κ1) is 14.6. The van der Waals surface area contributed by atoms with Crippen molar-refractivity contribution in [2.75, 3.05) is 13.1 Å². The van der Waals surface area contributed by atoms with Crippen molar-refractivity contribution in [1.82, 2.24) is 5.32 Å². The van der Waals surface area contributed by atoms with Crippen molar-refractivity contribution in [3.05, 3.63) is 11.3 Å². The molecule has 2 aliphatic rings. The zero-order chi connectivity index (χ0) is 12.9. The van der Waals surface area contributed by atoms with Crippen LogP contribution in [0.2, 0.25) is 0 Å². The van der Waals surface area contributed by atoms with Crippen molar-refractivity contribution in [2.45, 2.75) is 65.9 Å². The van der Waals surface area contributed by atoms with Crippen LogP contribution >= 0.6 is 0 Å². The van der Waals surface area contributed by atoms with Gasteiger partial charge >= 0.3 is 0 Å². The number of hydrogen-bond donors (Lipinski definition) is 1. The highest BCUT2D eigenvalue weighted by Crippen LogP contribution is 2.39. The largest absolute Gasteiger partial charge is 0.492 e. The summed E-state index contributed by atoms with van der Waals surface area (Å²) in [5.41, 5.74) is 1.70. The van der Waals surface area contributed by atoms with Gasteiger partial charge in [0.2, 0.25) is 0 Å². The van der Waals surface area contributed by atoms with E-state index in [9.17, 15) is 0 Å². The van der Waals surface area contributed by atoms with E-state index in [0.29, 0.717) is 5.92 Å². The van der Waals surface area contributed by atoms with E-state index in [1.54, 1.807) is 0 Å². The maximum atomic E-state index is 6.23. The van der Waals surface area contributed by atoms with Crippen molar-refractivity contribution in [3.8, 4) is 0 Å². The molecule has 2 heterocycles. The second-order valence-electron chi connectivity index (χ2n) is 5.27. The smallest absolute Gasteiger partial charge is 0.111 e. The highest BCUT2D eigenvalue weighted by atomic mass is 16.5. The summed E-state index contributed by atoms with van der Waals surface area (Å²) in [5.74, 6) is 1.85. The molecule has 1 spiro atoms. The van der Waals surface area contributed by atoms with Crippen LogP contribution in [0.25, 0.3) is 0 Å². The lowest BCUT2D eigenvalue weighted by atomic mass is 9.81. The van der Waals surface area contributed by atoms with Crippen LogP contribution in [-0.2, 0) is 4.74 Å². The maximum absolute atomic E-state index is 6.23. The molecule has 0 saturated carbocycles. The minimum absolute atomic E-state index is 0.174. The molecule has 1 fully saturated rings. The van der Waals surface area contributed by atoms with Gasteiger partial charge in [-0.1, -0.05) is 27.7 Å². The van der Waals surface area contributed by atoms with Crippen LogP contribution in [0.15, 0.2) is 11.3 Å². The number of piperidine rings is 1. The van der Waals surface area contributed by atoms with Gasteiger partial charge in [-0.05, 0) is 57.2 Å². The second-order valence-corrected chi connectivity index (χ2v) is 5.27. The van der Waals surface area contributed by atoms with Gasteiger partial charge in [-0.3, -0.25) is 0 Å². The monoisotopic (exact) mass is 239 g/mol. The molecule has 0 aliphatic carbocycles. The molecule has 0 radical (unpaired) electrons. The average Bonchev–Trinajstić information content (AvgIpc) is 2.32. The summed E-state index contributed by atoms with van der Waals surface area (Å²) >= 11 is 0. The van der Waals surface area contributed by atoms with Crippen molar-refractivity contribution in [1.29, 1.82) is 0 Å². The highest BCUT2D eigenvalue weighted by molar-refractivity contribution is 5.15. The van der Waals surface area contributed by atoms with Gasteiger partial charge in [0.1, 0.15) is 5.60 Å². The van der Waals surface area contributed by atoms with Crippen LogP contribution in [0.3, 0.4) is 0 Å². The summed E-state index contributed by atoms with van der Waals surface area (Å²) in [4.78, 5) is 0. The third-order valence-corrected chi connectivity index (χ3v) is 3.88. The molecule has 2 aliphatic heterocycles. The number of ether oxygens (including phenoxy) is 1. The fourth-order valence-corrected chi connectivity index (χ4v) is 2.91. The average molecular weight is 239 g/mol. The Morgan fingerprint density at radius 2 is 1.71 bits per heavy atom. The molecule has 0 aromatic carbocycles. The molecule has 0 unspecified atom stereocenters. The number of nitrogens with one attached hydrogen (secondary N) is 1. The van der Waals surface area contributed by atoms with E-state index < -0.39 is 0 Å². The van der Waals surface area contributed by atoms with Gasteiger partial charge < -0.3 is 10.1 Å². The van der Waals surface area contributed by atoms with E-state index in [2.05, 4.69) is 26.1 Å². The molecule has 0 atom stereocenters. The van der Waals surface area contributed by atoms with Crippen LogP contribution < -0.4 is 5.32 Å². The third-order valence-electron chi connectivity index (χ3n) is 3.88. The molecule has 1 saturated heterocycles. The summed E-state index contributed by atoms with van der Waals surface area (Å²) in [7, 11) is 0. The van der Waals surface area contributed by atoms with E-state index in [0.717, 1.165) is 13.1 Å². The Morgan fingerprint density at radius 1 is 1.12 bits per heavy atom. The van der Waals surface area contributed by atoms with Gasteiger partial charge in [-0.25, -0.2) is 0 Å². The number of hydrogen-bond acceptors (Lipinski definition) is 2.